The zero-order valence-electron chi connectivity index (χ0n) is 35.3. The fourth-order valence-electron chi connectivity index (χ4n) is 9.81. The van der Waals surface area contributed by atoms with Gasteiger partial charge in [-0.05, 0) is 107 Å². The number of aromatic nitrogens is 2. The minimum absolute atomic E-state index is 0.0917. The summed E-state index contributed by atoms with van der Waals surface area (Å²) in [6.07, 6.45) is 8.32. The van der Waals surface area contributed by atoms with E-state index < -0.39 is 30.0 Å². The monoisotopic (exact) mass is 881 g/mol. The maximum absolute atomic E-state index is 13.7. The van der Waals surface area contributed by atoms with Crippen LogP contribution in [-0.2, 0) is 23.9 Å². The molecule has 0 spiro atoms. The number of hydrogen-bond acceptors (Lipinski definition) is 14. The molecule has 18 heteroatoms. The number of aliphatic hydroxyl groups is 1. The molecule has 1 aliphatic carbocycles. The van der Waals surface area contributed by atoms with Crippen LogP contribution in [0.5, 0.6) is 0 Å². The van der Waals surface area contributed by atoms with Crippen molar-refractivity contribution in [3.63, 3.8) is 0 Å². The Bertz CT molecular complexity index is 2340. The zero-order valence-corrected chi connectivity index (χ0v) is 36.1. The van der Waals surface area contributed by atoms with E-state index in [2.05, 4.69) is 30.7 Å². The molecule has 4 N–H and O–H groups in total. The van der Waals surface area contributed by atoms with E-state index in [9.17, 15) is 29.1 Å². The summed E-state index contributed by atoms with van der Waals surface area (Å²) >= 11 is 6.59. The topological polar surface area (TPSA) is 199 Å². The van der Waals surface area contributed by atoms with Gasteiger partial charge >= 0.3 is 0 Å². The number of halogens is 1. The summed E-state index contributed by atoms with van der Waals surface area (Å²) in [5, 5.41) is 19.4. The van der Waals surface area contributed by atoms with Crippen molar-refractivity contribution in [2.45, 2.75) is 94.7 Å². The number of hydrogen-bond donors (Lipinski definition) is 4. The third-order valence-corrected chi connectivity index (χ3v) is 13.6. The van der Waals surface area contributed by atoms with E-state index in [4.69, 9.17) is 26.1 Å². The maximum atomic E-state index is 13.7. The number of amides is 5. The van der Waals surface area contributed by atoms with Crippen LogP contribution in [0.3, 0.4) is 0 Å². The molecule has 1 saturated carbocycles. The van der Waals surface area contributed by atoms with Gasteiger partial charge in [0, 0.05) is 56.1 Å². The van der Waals surface area contributed by atoms with Gasteiger partial charge in [0.15, 0.2) is 18.7 Å². The summed E-state index contributed by atoms with van der Waals surface area (Å²) in [5.41, 5.74) is 3.99. The van der Waals surface area contributed by atoms with E-state index in [0.29, 0.717) is 40.5 Å². The van der Waals surface area contributed by atoms with Gasteiger partial charge in [-0.1, -0.05) is 23.7 Å². The lowest BCUT2D eigenvalue weighted by atomic mass is 9.82. The number of carbonyl (C=O) groups is 5. The molecule has 6 heterocycles. The van der Waals surface area contributed by atoms with Crippen molar-refractivity contribution < 1.29 is 38.6 Å². The molecule has 0 radical (unpaired) electrons. The fraction of sp³-hybridized carbons (Fsp3) is 0.489. The van der Waals surface area contributed by atoms with E-state index in [1.807, 2.05) is 37.3 Å². The number of likely N-dealkylation sites (N-methyl/N-ethyl adjacent to an activating group) is 2. The van der Waals surface area contributed by atoms with Gasteiger partial charge in [0.25, 0.3) is 17.7 Å². The Morgan fingerprint density at radius 3 is 2.49 bits per heavy atom. The van der Waals surface area contributed by atoms with E-state index in [0.717, 1.165) is 92.1 Å². The first-order valence-corrected chi connectivity index (χ1v) is 22.3. The van der Waals surface area contributed by atoms with Crippen molar-refractivity contribution >= 4 is 70.4 Å². The number of benzene rings is 2. The normalized spacial score (nSPS) is 24.4. The highest BCUT2D eigenvalue weighted by atomic mass is 35.5. The van der Waals surface area contributed by atoms with Crippen LogP contribution in [0, 0.1) is 0 Å². The van der Waals surface area contributed by atoms with E-state index in [1.165, 1.54) is 7.05 Å². The van der Waals surface area contributed by atoms with Crippen molar-refractivity contribution in [1.29, 1.82) is 0 Å². The lowest BCUT2D eigenvalue weighted by molar-refractivity contribution is -0.136. The van der Waals surface area contributed by atoms with Crippen LogP contribution in [-0.4, -0.2) is 131 Å². The van der Waals surface area contributed by atoms with E-state index in [-0.39, 0.29) is 55.1 Å². The molecule has 1 aromatic heterocycles. The smallest absolute Gasteiger partial charge is 0.262 e. The molecule has 332 valence electrons. The summed E-state index contributed by atoms with van der Waals surface area (Å²) in [5.74, 6) is -0.724. The first kappa shape index (κ1) is 42.7. The molecular formula is C45H52ClN9O8. The van der Waals surface area contributed by atoms with Gasteiger partial charge in [-0.3, -0.25) is 34.2 Å². The van der Waals surface area contributed by atoms with Crippen molar-refractivity contribution in [2.75, 3.05) is 61.5 Å². The molecule has 5 amide bonds. The van der Waals surface area contributed by atoms with E-state index in [1.54, 1.807) is 23.2 Å². The predicted octanol–water partition coefficient (Wildman–Crippen LogP) is 3.93. The number of anilines is 4. The van der Waals surface area contributed by atoms with Crippen molar-refractivity contribution in [3.8, 4) is 0 Å². The lowest BCUT2D eigenvalue weighted by Gasteiger charge is -2.47. The highest BCUT2D eigenvalue weighted by molar-refractivity contribution is 6.33. The van der Waals surface area contributed by atoms with Crippen molar-refractivity contribution in [1.82, 2.24) is 30.4 Å². The van der Waals surface area contributed by atoms with Gasteiger partial charge < -0.3 is 39.9 Å². The van der Waals surface area contributed by atoms with Gasteiger partial charge in [0.2, 0.25) is 17.8 Å². The Hall–Kier alpha value is -5.62. The molecule has 3 saturated heterocycles. The largest absolute Gasteiger partial charge is 0.483 e. The summed E-state index contributed by atoms with van der Waals surface area (Å²) in [6, 6.07) is 10.6. The van der Waals surface area contributed by atoms with Gasteiger partial charge in [-0.2, -0.15) is 4.98 Å². The third kappa shape index (κ3) is 8.46. The second-order valence-corrected chi connectivity index (χ2v) is 17.4. The van der Waals surface area contributed by atoms with Gasteiger partial charge in [0.05, 0.1) is 29.5 Å². The van der Waals surface area contributed by atoms with Crippen LogP contribution in [0.15, 0.2) is 48.4 Å². The van der Waals surface area contributed by atoms with Gasteiger partial charge in [-0.25, -0.2) is 4.98 Å². The molecule has 3 aromatic rings. The molecule has 6 aliphatic rings. The second kappa shape index (κ2) is 17.9. The average Bonchev–Trinajstić information content (AvgIpc) is 3.53. The van der Waals surface area contributed by atoms with E-state index >= 15 is 0 Å². The minimum Gasteiger partial charge on any atom is -0.483 e. The molecule has 2 unspecified atom stereocenters. The molecular weight excluding hydrogens is 830 g/mol. The number of nitrogens with one attached hydrogen (secondary N) is 3. The summed E-state index contributed by atoms with van der Waals surface area (Å²) < 4.78 is 12.3. The van der Waals surface area contributed by atoms with Crippen LogP contribution in [0.4, 0.5) is 23.1 Å². The molecule has 17 nitrogen and oxygen atoms in total. The number of nitrogens with zero attached hydrogens (tertiary/aromatic N) is 6. The summed E-state index contributed by atoms with van der Waals surface area (Å²) in [7, 11) is 1.53. The maximum Gasteiger partial charge on any atom is 0.262 e. The standard InChI is InChI=1S/C45H52ClN9O8/c1-3-54-34-8-7-27(19-26(34)20-36(43(54)60)62-24-38(57)47-2)49-40-33(46)23-48-45(51-40)53-17-13-29(14-18-53)63-30-21-28(22-30)52-15-11-25(12-16-52)31-5-4-6-32-39(31)44(61)55(42(32)59)35-9-10-37(56)50-41(35)58/h4-8,19-20,23,25,28-30,35,43,60H,3,9-18,21-22,24H2,1-2H3,(H,47,57)(H,48,49,51)(H,50,56,58)/t28-,30-,35?,43?. The van der Waals surface area contributed by atoms with Gasteiger partial charge in [-0.15, -0.1) is 0 Å². The first-order chi connectivity index (χ1) is 30.5. The Morgan fingerprint density at radius 2 is 1.76 bits per heavy atom. The predicted molar refractivity (Wildman–Crippen MR) is 234 cm³/mol. The van der Waals surface area contributed by atoms with Crippen molar-refractivity contribution in [3.05, 3.63) is 75.6 Å². The zero-order chi connectivity index (χ0) is 43.9. The van der Waals surface area contributed by atoms with Crippen LogP contribution in [0.1, 0.15) is 96.1 Å². The Morgan fingerprint density at radius 1 is 0.984 bits per heavy atom. The number of piperidine rings is 3. The molecule has 5 aliphatic heterocycles. The third-order valence-electron chi connectivity index (χ3n) is 13.3. The van der Waals surface area contributed by atoms with Crippen LogP contribution in [0.2, 0.25) is 5.02 Å². The number of likely N-dealkylation sites (tertiary alicyclic amines) is 1. The second-order valence-electron chi connectivity index (χ2n) is 17.0. The SMILES string of the molecule is CCN1c2ccc(Nc3nc(N4CCC(O[C@H]5C[C@H](N6CCC(c7cccc8c7C(=O)N(C7CCC(=O)NC7=O)C8=O)CC6)C5)CC4)ncc3Cl)cc2C=C(OCC(=O)NC)C1O. The first-order valence-electron chi connectivity index (χ1n) is 21.9. The molecule has 63 heavy (non-hydrogen) atoms. The number of carbonyl (C=O) groups excluding carboxylic acids is 5. The number of imide groups is 2. The number of fused-ring (bicyclic) bond motifs is 2. The number of rotatable bonds is 12. The van der Waals surface area contributed by atoms with Crippen molar-refractivity contribution in [2.24, 2.45) is 0 Å². The Balaban J connectivity index is 0.745. The number of aliphatic hydroxyl groups excluding tert-OH is 1. The minimum atomic E-state index is -1.02. The average molecular weight is 882 g/mol. The Kier molecular flexibility index (Phi) is 12.1. The highest BCUT2D eigenvalue weighted by Gasteiger charge is 2.47. The van der Waals surface area contributed by atoms with Crippen LogP contribution < -0.4 is 25.8 Å². The molecule has 2 atom stereocenters. The summed E-state index contributed by atoms with van der Waals surface area (Å²) in [6.45, 7) is 5.53. The quantitative estimate of drug-likeness (QED) is 0.191. The molecule has 4 fully saturated rings. The van der Waals surface area contributed by atoms with Crippen LogP contribution in [0.25, 0.3) is 6.08 Å². The fourth-order valence-corrected chi connectivity index (χ4v) is 9.94. The number of ether oxygens (including phenoxy) is 2. The molecule has 2 aromatic carbocycles. The summed E-state index contributed by atoms with van der Waals surface area (Å²) in [4.78, 5) is 80.1. The molecule has 9 rings (SSSR count). The Labute approximate surface area is 370 Å². The highest BCUT2D eigenvalue weighted by Crippen LogP contribution is 2.40. The van der Waals surface area contributed by atoms with Crippen LogP contribution >= 0.6 is 11.6 Å². The lowest BCUT2D eigenvalue weighted by Crippen LogP contribution is -2.54. The van der Waals surface area contributed by atoms with Gasteiger partial charge in [0.1, 0.15) is 16.8 Å². The molecule has 0 bridgehead atoms.